The molecule has 0 radical (unpaired) electrons. The molecule has 1 heterocycles. The molecule has 1 atom stereocenters. The van der Waals surface area contributed by atoms with E-state index < -0.39 is 5.54 Å². The third kappa shape index (κ3) is 2.08. The van der Waals surface area contributed by atoms with Crippen molar-refractivity contribution in [2.24, 2.45) is 0 Å². The third-order valence-electron chi connectivity index (χ3n) is 3.38. The average Bonchev–Trinajstić information content (AvgIpc) is 2.36. The van der Waals surface area contributed by atoms with Crippen LogP contribution in [0.15, 0.2) is 24.3 Å². The highest BCUT2D eigenvalue weighted by atomic mass is 16.5. The van der Waals surface area contributed by atoms with Gasteiger partial charge in [-0.1, -0.05) is 12.1 Å². The maximum atomic E-state index is 12.5. The van der Waals surface area contributed by atoms with Crippen LogP contribution in [0, 0.1) is 0 Å². The van der Waals surface area contributed by atoms with Crippen molar-refractivity contribution in [3.63, 3.8) is 0 Å². The normalized spacial score (nSPS) is 23.0. The van der Waals surface area contributed by atoms with E-state index in [0.717, 1.165) is 18.0 Å². The van der Waals surface area contributed by atoms with E-state index in [2.05, 4.69) is 5.32 Å². The molecule has 2 rings (SSSR count). The second-order valence-corrected chi connectivity index (χ2v) is 5.20. The molecule has 0 aliphatic carbocycles. The summed E-state index contributed by atoms with van der Waals surface area (Å²) in [5.41, 5.74) is 0.306. The lowest BCUT2D eigenvalue weighted by molar-refractivity contribution is -0.125. The smallest absolute Gasteiger partial charge is 0.247 e. The molecule has 0 bridgehead atoms. The number of methoxy groups -OCH3 is 1. The van der Waals surface area contributed by atoms with Gasteiger partial charge in [-0.3, -0.25) is 4.79 Å². The number of carbonyl (C=O) groups is 1. The highest BCUT2D eigenvalue weighted by molar-refractivity contribution is 6.02. The Morgan fingerprint density at radius 1 is 1.39 bits per heavy atom. The van der Waals surface area contributed by atoms with Crippen LogP contribution in [0.5, 0.6) is 5.75 Å². The van der Waals surface area contributed by atoms with Crippen molar-refractivity contribution in [2.45, 2.75) is 32.4 Å². The molecule has 1 aliphatic rings. The number of hydrogen-bond acceptors (Lipinski definition) is 3. The molecule has 1 aromatic rings. The number of para-hydroxylation sites is 2. The summed E-state index contributed by atoms with van der Waals surface area (Å²) < 4.78 is 5.35. The topological polar surface area (TPSA) is 41.6 Å². The van der Waals surface area contributed by atoms with Crippen molar-refractivity contribution in [2.75, 3.05) is 18.6 Å². The molecule has 1 fully saturated rings. The van der Waals surface area contributed by atoms with Crippen LogP contribution in [-0.2, 0) is 4.79 Å². The van der Waals surface area contributed by atoms with Crippen LogP contribution in [0.25, 0.3) is 0 Å². The lowest BCUT2D eigenvalue weighted by Gasteiger charge is -2.42. The number of amides is 1. The summed E-state index contributed by atoms with van der Waals surface area (Å²) in [6.45, 7) is 6.62. The van der Waals surface area contributed by atoms with Crippen LogP contribution in [-0.4, -0.2) is 31.1 Å². The number of anilines is 1. The van der Waals surface area contributed by atoms with E-state index in [9.17, 15) is 4.79 Å². The van der Waals surface area contributed by atoms with Gasteiger partial charge in [0.1, 0.15) is 5.75 Å². The van der Waals surface area contributed by atoms with Gasteiger partial charge in [0.15, 0.2) is 0 Å². The van der Waals surface area contributed by atoms with Crippen LogP contribution in [0.4, 0.5) is 5.69 Å². The van der Waals surface area contributed by atoms with E-state index in [1.165, 1.54) is 0 Å². The van der Waals surface area contributed by atoms with Gasteiger partial charge in [-0.2, -0.15) is 0 Å². The lowest BCUT2D eigenvalue weighted by Crippen LogP contribution is -2.65. The maximum Gasteiger partial charge on any atom is 0.247 e. The van der Waals surface area contributed by atoms with E-state index in [0.29, 0.717) is 0 Å². The Labute approximate surface area is 108 Å². The molecule has 0 saturated carbocycles. The van der Waals surface area contributed by atoms with Crippen molar-refractivity contribution >= 4 is 11.6 Å². The Hall–Kier alpha value is -1.55. The quantitative estimate of drug-likeness (QED) is 0.867. The molecule has 0 aromatic heterocycles. The Morgan fingerprint density at radius 3 is 2.72 bits per heavy atom. The highest BCUT2D eigenvalue weighted by Gasteiger charge is 2.40. The molecule has 18 heavy (non-hydrogen) atoms. The fraction of sp³-hybridized carbons (Fsp3) is 0.500. The van der Waals surface area contributed by atoms with Gasteiger partial charge in [0.2, 0.25) is 5.91 Å². The lowest BCUT2D eigenvalue weighted by atomic mass is 9.97. The van der Waals surface area contributed by atoms with E-state index in [1.807, 2.05) is 49.9 Å². The fourth-order valence-corrected chi connectivity index (χ4v) is 2.25. The number of hydrogen-bond donors (Lipinski definition) is 1. The average molecular weight is 248 g/mol. The van der Waals surface area contributed by atoms with Crippen LogP contribution >= 0.6 is 0 Å². The molecule has 1 aromatic carbocycles. The molecule has 4 nitrogen and oxygen atoms in total. The summed E-state index contributed by atoms with van der Waals surface area (Å²) in [4.78, 5) is 14.4. The number of piperazine rings is 1. The van der Waals surface area contributed by atoms with Crippen LogP contribution < -0.4 is 15.0 Å². The zero-order chi connectivity index (χ0) is 13.3. The van der Waals surface area contributed by atoms with E-state index in [1.54, 1.807) is 7.11 Å². The second-order valence-electron chi connectivity index (χ2n) is 5.20. The van der Waals surface area contributed by atoms with Gasteiger partial charge in [-0.15, -0.1) is 0 Å². The molecule has 1 aliphatic heterocycles. The van der Waals surface area contributed by atoms with Gasteiger partial charge in [0, 0.05) is 12.6 Å². The Balaban J connectivity index is 2.44. The molecule has 1 amide bonds. The summed E-state index contributed by atoms with van der Waals surface area (Å²) in [5.74, 6) is 0.807. The summed E-state index contributed by atoms with van der Waals surface area (Å²) >= 11 is 0. The SMILES string of the molecule is COc1ccccc1N1C(=O)C(C)(C)NCC1C. The second kappa shape index (κ2) is 4.61. The van der Waals surface area contributed by atoms with Crippen LogP contribution in [0.3, 0.4) is 0 Å². The van der Waals surface area contributed by atoms with E-state index >= 15 is 0 Å². The number of ether oxygens (including phenoxy) is 1. The van der Waals surface area contributed by atoms with Gasteiger partial charge >= 0.3 is 0 Å². The maximum absolute atomic E-state index is 12.5. The molecule has 0 spiro atoms. The van der Waals surface area contributed by atoms with E-state index in [4.69, 9.17) is 4.74 Å². The third-order valence-corrected chi connectivity index (χ3v) is 3.38. The molecule has 98 valence electrons. The number of carbonyl (C=O) groups excluding carboxylic acids is 1. The fourth-order valence-electron chi connectivity index (χ4n) is 2.25. The number of nitrogens with one attached hydrogen (secondary N) is 1. The van der Waals surface area contributed by atoms with Crippen molar-refractivity contribution in [3.8, 4) is 5.75 Å². The number of rotatable bonds is 2. The molecular weight excluding hydrogens is 228 g/mol. The van der Waals surface area contributed by atoms with Crippen molar-refractivity contribution in [1.82, 2.24) is 5.32 Å². The first kappa shape index (κ1) is 12.9. The van der Waals surface area contributed by atoms with Gasteiger partial charge in [-0.25, -0.2) is 0 Å². The Bertz CT molecular complexity index is 457. The van der Waals surface area contributed by atoms with Gasteiger partial charge in [0.25, 0.3) is 0 Å². The van der Waals surface area contributed by atoms with Crippen LogP contribution in [0.2, 0.25) is 0 Å². The van der Waals surface area contributed by atoms with Gasteiger partial charge in [0.05, 0.1) is 18.3 Å². The molecule has 4 heteroatoms. The largest absolute Gasteiger partial charge is 0.495 e. The van der Waals surface area contributed by atoms with Crippen molar-refractivity contribution in [3.05, 3.63) is 24.3 Å². The van der Waals surface area contributed by atoms with Crippen molar-refractivity contribution < 1.29 is 9.53 Å². The minimum absolute atomic E-state index is 0.0748. The minimum atomic E-state index is -0.534. The summed E-state index contributed by atoms with van der Waals surface area (Å²) in [5, 5.41) is 3.26. The minimum Gasteiger partial charge on any atom is -0.495 e. The summed E-state index contributed by atoms with van der Waals surface area (Å²) in [6, 6.07) is 7.75. The summed E-state index contributed by atoms with van der Waals surface area (Å²) in [7, 11) is 1.63. The van der Waals surface area contributed by atoms with Gasteiger partial charge < -0.3 is 15.0 Å². The molecule has 1 unspecified atom stereocenters. The monoisotopic (exact) mass is 248 g/mol. The van der Waals surface area contributed by atoms with Crippen molar-refractivity contribution in [1.29, 1.82) is 0 Å². The standard InChI is InChI=1S/C14H20N2O2/c1-10-9-15-14(2,3)13(17)16(10)11-7-5-6-8-12(11)18-4/h5-8,10,15H,9H2,1-4H3. The molecular formula is C14H20N2O2. The van der Waals surface area contributed by atoms with Crippen LogP contribution in [0.1, 0.15) is 20.8 Å². The highest BCUT2D eigenvalue weighted by Crippen LogP contribution is 2.32. The molecule has 1 N–H and O–H groups in total. The molecule has 1 saturated heterocycles. The zero-order valence-corrected chi connectivity index (χ0v) is 11.4. The Kier molecular flexibility index (Phi) is 3.30. The number of benzene rings is 1. The first-order valence-electron chi connectivity index (χ1n) is 6.19. The van der Waals surface area contributed by atoms with Gasteiger partial charge in [-0.05, 0) is 32.9 Å². The first-order valence-corrected chi connectivity index (χ1v) is 6.19. The predicted octanol–water partition coefficient (Wildman–Crippen LogP) is 1.80. The first-order chi connectivity index (χ1) is 8.47. The van der Waals surface area contributed by atoms with E-state index in [-0.39, 0.29) is 11.9 Å². The number of nitrogens with zero attached hydrogens (tertiary/aromatic N) is 1. The Morgan fingerprint density at radius 2 is 2.06 bits per heavy atom. The predicted molar refractivity (Wildman–Crippen MR) is 72.0 cm³/mol. The zero-order valence-electron chi connectivity index (χ0n) is 11.4. The summed E-state index contributed by atoms with van der Waals surface area (Å²) in [6.07, 6.45) is 0.